The minimum Gasteiger partial charge on any atom is -0.295 e. The predicted octanol–water partition coefficient (Wildman–Crippen LogP) is 4.77. The number of rotatable bonds is 10. The van der Waals surface area contributed by atoms with Crippen LogP contribution in [0.1, 0.15) is 84.5 Å². The van der Waals surface area contributed by atoms with Crippen molar-refractivity contribution < 1.29 is 9.59 Å². The normalized spacial score (nSPS) is 15.1. The molecule has 19 heavy (non-hydrogen) atoms. The van der Waals surface area contributed by atoms with Crippen molar-refractivity contribution in [2.45, 2.75) is 84.5 Å². The molecule has 0 aromatic rings. The average molecular weight is 264 g/mol. The number of carbonyl (C=O) groups excluding carboxylic acids is 2. The number of ketones is 2. The molecule has 0 atom stereocenters. The zero-order valence-corrected chi connectivity index (χ0v) is 12.6. The molecule has 0 aliphatic heterocycles. The number of hydrogen-bond acceptors (Lipinski definition) is 2. The molecule has 1 aliphatic carbocycles. The molecule has 0 spiro atoms. The van der Waals surface area contributed by atoms with Crippen LogP contribution in [-0.2, 0) is 9.59 Å². The lowest BCUT2D eigenvalue weighted by atomic mass is 9.97. The van der Waals surface area contributed by atoms with Gasteiger partial charge in [0, 0.05) is 24.0 Å². The minimum absolute atomic E-state index is 0.241. The largest absolute Gasteiger partial charge is 0.295 e. The summed E-state index contributed by atoms with van der Waals surface area (Å²) in [7, 11) is 0. The third kappa shape index (κ3) is 5.30. The maximum absolute atomic E-state index is 12.2. The first-order valence-electron chi connectivity index (χ1n) is 7.99. The molecule has 2 heteroatoms. The SMILES string of the molecule is CCCCCC(=O)C1=C(C(=O)CCCCC)CCC1. The number of hydrogen-bond donors (Lipinski definition) is 0. The summed E-state index contributed by atoms with van der Waals surface area (Å²) in [4.78, 5) is 24.3. The van der Waals surface area contributed by atoms with E-state index < -0.39 is 0 Å². The topological polar surface area (TPSA) is 34.1 Å². The second-order valence-corrected chi connectivity index (χ2v) is 5.57. The molecule has 1 aliphatic rings. The quantitative estimate of drug-likeness (QED) is 0.533. The van der Waals surface area contributed by atoms with Crippen molar-refractivity contribution >= 4 is 11.6 Å². The molecule has 0 heterocycles. The van der Waals surface area contributed by atoms with E-state index in [4.69, 9.17) is 0 Å². The molecule has 0 N–H and O–H groups in total. The standard InChI is InChI=1S/C17H28O2/c1-3-5-7-12-16(18)14-10-9-11-15(14)17(19)13-8-6-4-2/h3-13H2,1-2H3. The highest BCUT2D eigenvalue weighted by Crippen LogP contribution is 2.29. The lowest BCUT2D eigenvalue weighted by Crippen LogP contribution is -2.08. The summed E-state index contributed by atoms with van der Waals surface area (Å²) in [6.45, 7) is 4.28. The molecule has 0 unspecified atom stereocenters. The van der Waals surface area contributed by atoms with Gasteiger partial charge in [0.05, 0.1) is 0 Å². The molecule has 0 radical (unpaired) electrons. The molecule has 0 aromatic heterocycles. The Morgan fingerprint density at radius 3 is 1.58 bits per heavy atom. The molecule has 0 saturated carbocycles. The summed E-state index contributed by atoms with van der Waals surface area (Å²) in [6, 6.07) is 0. The second kappa shape index (κ2) is 9.06. The van der Waals surface area contributed by atoms with Crippen LogP contribution in [0.15, 0.2) is 11.1 Å². The van der Waals surface area contributed by atoms with Crippen LogP contribution in [0.25, 0.3) is 0 Å². The summed E-state index contributed by atoms with van der Waals surface area (Å²) in [5.74, 6) is 0.481. The molecule has 2 nitrogen and oxygen atoms in total. The molecular formula is C17H28O2. The van der Waals surface area contributed by atoms with Gasteiger partial charge in [-0.15, -0.1) is 0 Å². The van der Waals surface area contributed by atoms with Crippen molar-refractivity contribution in [3.05, 3.63) is 11.1 Å². The third-order valence-electron chi connectivity index (χ3n) is 3.91. The van der Waals surface area contributed by atoms with Crippen LogP contribution >= 0.6 is 0 Å². The monoisotopic (exact) mass is 264 g/mol. The fourth-order valence-electron chi connectivity index (χ4n) is 2.73. The zero-order valence-electron chi connectivity index (χ0n) is 12.6. The Morgan fingerprint density at radius 2 is 1.21 bits per heavy atom. The van der Waals surface area contributed by atoms with Crippen molar-refractivity contribution in [3.63, 3.8) is 0 Å². The van der Waals surface area contributed by atoms with Gasteiger partial charge in [-0.2, -0.15) is 0 Å². The van der Waals surface area contributed by atoms with Gasteiger partial charge < -0.3 is 0 Å². The van der Waals surface area contributed by atoms with E-state index in [1.807, 2.05) is 0 Å². The molecule has 108 valence electrons. The Kier molecular flexibility index (Phi) is 7.69. The Hall–Kier alpha value is -0.920. The van der Waals surface area contributed by atoms with Crippen LogP contribution in [0.3, 0.4) is 0 Å². The summed E-state index contributed by atoms with van der Waals surface area (Å²) in [6.07, 6.45) is 10.3. The van der Waals surface area contributed by atoms with Gasteiger partial charge in [-0.25, -0.2) is 0 Å². The van der Waals surface area contributed by atoms with Gasteiger partial charge in [0.1, 0.15) is 0 Å². The lowest BCUT2D eigenvalue weighted by molar-refractivity contribution is -0.118. The van der Waals surface area contributed by atoms with Crippen LogP contribution in [0.5, 0.6) is 0 Å². The highest BCUT2D eigenvalue weighted by molar-refractivity contribution is 6.07. The zero-order chi connectivity index (χ0) is 14.1. The summed E-state index contributed by atoms with van der Waals surface area (Å²) in [5, 5.41) is 0. The maximum atomic E-state index is 12.2. The lowest BCUT2D eigenvalue weighted by Gasteiger charge is -2.06. The maximum Gasteiger partial charge on any atom is 0.159 e. The van der Waals surface area contributed by atoms with Gasteiger partial charge in [-0.3, -0.25) is 9.59 Å². The fraction of sp³-hybridized carbons (Fsp3) is 0.765. The molecule has 0 fully saturated rings. The van der Waals surface area contributed by atoms with E-state index in [0.29, 0.717) is 12.8 Å². The van der Waals surface area contributed by atoms with Gasteiger partial charge in [0.25, 0.3) is 0 Å². The molecule has 0 bridgehead atoms. The minimum atomic E-state index is 0.241. The highest BCUT2D eigenvalue weighted by atomic mass is 16.1. The van der Waals surface area contributed by atoms with Gasteiger partial charge in [0.2, 0.25) is 0 Å². The van der Waals surface area contributed by atoms with E-state index in [2.05, 4.69) is 13.8 Å². The Balaban J connectivity index is 2.54. The van der Waals surface area contributed by atoms with Crippen LogP contribution in [0.2, 0.25) is 0 Å². The first kappa shape index (κ1) is 16.1. The number of carbonyl (C=O) groups is 2. The van der Waals surface area contributed by atoms with Gasteiger partial charge in [-0.1, -0.05) is 39.5 Å². The van der Waals surface area contributed by atoms with Gasteiger partial charge in [0.15, 0.2) is 11.6 Å². The molecule has 0 amide bonds. The Labute approximate surface area is 117 Å². The molecular weight excluding hydrogens is 236 g/mol. The first-order valence-corrected chi connectivity index (χ1v) is 7.99. The van der Waals surface area contributed by atoms with Crippen molar-refractivity contribution in [2.75, 3.05) is 0 Å². The Morgan fingerprint density at radius 1 is 0.789 bits per heavy atom. The van der Waals surface area contributed by atoms with Gasteiger partial charge >= 0.3 is 0 Å². The Bertz CT molecular complexity index is 307. The van der Waals surface area contributed by atoms with E-state index >= 15 is 0 Å². The number of allylic oxidation sites excluding steroid dienone is 2. The van der Waals surface area contributed by atoms with Crippen LogP contribution in [-0.4, -0.2) is 11.6 Å². The highest BCUT2D eigenvalue weighted by Gasteiger charge is 2.24. The summed E-state index contributed by atoms with van der Waals surface area (Å²) in [5.41, 5.74) is 1.75. The molecule has 0 saturated heterocycles. The summed E-state index contributed by atoms with van der Waals surface area (Å²) >= 11 is 0. The molecule has 1 rings (SSSR count). The molecule has 0 aromatic carbocycles. The third-order valence-corrected chi connectivity index (χ3v) is 3.91. The van der Waals surface area contributed by atoms with Gasteiger partial charge in [-0.05, 0) is 32.1 Å². The smallest absolute Gasteiger partial charge is 0.159 e. The van der Waals surface area contributed by atoms with Crippen molar-refractivity contribution in [1.82, 2.24) is 0 Å². The van der Waals surface area contributed by atoms with E-state index in [0.717, 1.165) is 68.9 Å². The average Bonchev–Trinajstić information content (AvgIpc) is 2.88. The van der Waals surface area contributed by atoms with E-state index in [-0.39, 0.29) is 11.6 Å². The van der Waals surface area contributed by atoms with E-state index in [1.165, 1.54) is 0 Å². The second-order valence-electron chi connectivity index (χ2n) is 5.57. The predicted molar refractivity (Wildman–Crippen MR) is 79.2 cm³/mol. The first-order chi connectivity index (χ1) is 9.20. The van der Waals surface area contributed by atoms with Crippen LogP contribution < -0.4 is 0 Å². The summed E-state index contributed by atoms with van der Waals surface area (Å²) < 4.78 is 0. The number of unbranched alkanes of at least 4 members (excludes halogenated alkanes) is 4. The fourth-order valence-corrected chi connectivity index (χ4v) is 2.73. The van der Waals surface area contributed by atoms with Crippen molar-refractivity contribution in [2.24, 2.45) is 0 Å². The van der Waals surface area contributed by atoms with Crippen LogP contribution in [0, 0.1) is 0 Å². The van der Waals surface area contributed by atoms with Crippen molar-refractivity contribution in [1.29, 1.82) is 0 Å². The van der Waals surface area contributed by atoms with Crippen molar-refractivity contribution in [3.8, 4) is 0 Å². The van der Waals surface area contributed by atoms with Crippen LogP contribution in [0.4, 0.5) is 0 Å². The van der Waals surface area contributed by atoms with E-state index in [1.54, 1.807) is 0 Å². The number of Topliss-reactive ketones (excluding diaryl/α,β-unsaturated/α-hetero) is 2. The van der Waals surface area contributed by atoms with E-state index in [9.17, 15) is 9.59 Å².